The third-order valence-corrected chi connectivity index (χ3v) is 3.07. The molecule has 0 radical (unpaired) electrons. The Kier molecular flexibility index (Phi) is 4.23. The van der Waals surface area contributed by atoms with Crippen molar-refractivity contribution in [1.82, 2.24) is 5.32 Å². The van der Waals surface area contributed by atoms with E-state index in [0.717, 1.165) is 28.9 Å². The van der Waals surface area contributed by atoms with Crippen LogP contribution in [0.15, 0.2) is 45.7 Å². The largest absolute Gasteiger partial charge is 0.496 e. The molecule has 3 nitrogen and oxygen atoms in total. The Labute approximate surface area is 109 Å². The van der Waals surface area contributed by atoms with E-state index < -0.39 is 0 Å². The Morgan fingerprint density at radius 1 is 1.24 bits per heavy atom. The molecule has 0 atom stereocenters. The maximum Gasteiger partial charge on any atom is 0.133 e. The summed E-state index contributed by atoms with van der Waals surface area (Å²) in [7, 11) is 1.66. The molecule has 1 N–H and O–H groups in total. The van der Waals surface area contributed by atoms with E-state index >= 15 is 0 Å². The maximum absolute atomic E-state index is 5.18. The van der Waals surface area contributed by atoms with E-state index in [4.69, 9.17) is 9.15 Å². The average Bonchev–Trinajstić information content (AvgIpc) is 2.82. The third-order valence-electron chi connectivity index (χ3n) is 2.45. The molecular weight excluding hydrogens is 282 g/mol. The Balaban J connectivity index is 1.89. The minimum Gasteiger partial charge on any atom is -0.496 e. The monoisotopic (exact) mass is 295 g/mol. The van der Waals surface area contributed by atoms with Gasteiger partial charge in [0.05, 0.1) is 24.1 Å². The molecule has 0 fully saturated rings. The molecular formula is C13H14BrNO2. The molecule has 0 unspecified atom stereocenters. The zero-order valence-electron chi connectivity index (χ0n) is 9.57. The molecule has 2 rings (SSSR count). The van der Waals surface area contributed by atoms with E-state index in [1.807, 2.05) is 18.2 Å². The van der Waals surface area contributed by atoms with Crippen molar-refractivity contribution < 1.29 is 9.15 Å². The molecule has 0 bridgehead atoms. The summed E-state index contributed by atoms with van der Waals surface area (Å²) in [5.74, 6) is 0.851. The number of nitrogens with one attached hydrogen (secondary N) is 1. The van der Waals surface area contributed by atoms with E-state index in [-0.39, 0.29) is 0 Å². The lowest BCUT2D eigenvalue weighted by atomic mass is 10.2. The Morgan fingerprint density at radius 3 is 2.71 bits per heavy atom. The Hall–Kier alpha value is -1.26. The highest BCUT2D eigenvalue weighted by Crippen LogP contribution is 2.25. The summed E-state index contributed by atoms with van der Waals surface area (Å²) >= 11 is 3.47. The van der Waals surface area contributed by atoms with Crippen LogP contribution < -0.4 is 10.1 Å². The SMILES string of the molecule is COc1ccc(CNCc2ccoc2)cc1Br. The van der Waals surface area contributed by atoms with Gasteiger partial charge >= 0.3 is 0 Å². The first kappa shape index (κ1) is 12.2. The van der Waals surface area contributed by atoms with Gasteiger partial charge in [0.15, 0.2) is 0 Å². The first-order valence-electron chi connectivity index (χ1n) is 5.34. The highest BCUT2D eigenvalue weighted by Gasteiger charge is 2.01. The van der Waals surface area contributed by atoms with Gasteiger partial charge in [-0.15, -0.1) is 0 Å². The predicted octanol–water partition coefficient (Wildman–Crippen LogP) is 3.34. The van der Waals surface area contributed by atoms with Crippen LogP contribution in [0.25, 0.3) is 0 Å². The fourth-order valence-corrected chi connectivity index (χ4v) is 2.15. The van der Waals surface area contributed by atoms with E-state index in [2.05, 4.69) is 27.3 Å². The van der Waals surface area contributed by atoms with Gasteiger partial charge in [-0.3, -0.25) is 0 Å². The number of halogens is 1. The fourth-order valence-electron chi connectivity index (χ4n) is 1.56. The first-order chi connectivity index (χ1) is 8.29. The molecule has 1 aromatic carbocycles. The van der Waals surface area contributed by atoms with Gasteiger partial charge in [0.1, 0.15) is 5.75 Å². The summed E-state index contributed by atoms with van der Waals surface area (Å²) in [6.45, 7) is 1.62. The van der Waals surface area contributed by atoms with E-state index in [1.165, 1.54) is 5.56 Å². The molecule has 2 aromatic rings. The molecule has 90 valence electrons. The number of methoxy groups -OCH3 is 1. The van der Waals surface area contributed by atoms with Crippen molar-refractivity contribution in [2.75, 3.05) is 7.11 Å². The molecule has 0 spiro atoms. The second kappa shape index (κ2) is 5.89. The quantitative estimate of drug-likeness (QED) is 0.919. The minimum atomic E-state index is 0.806. The van der Waals surface area contributed by atoms with Crippen LogP contribution in [0.1, 0.15) is 11.1 Å². The number of rotatable bonds is 5. The van der Waals surface area contributed by atoms with Gasteiger partial charge in [-0.2, -0.15) is 0 Å². The normalized spacial score (nSPS) is 10.5. The molecule has 0 aliphatic rings. The van der Waals surface area contributed by atoms with Gasteiger partial charge in [-0.25, -0.2) is 0 Å². The summed E-state index contributed by atoms with van der Waals surface area (Å²) < 4.78 is 11.2. The Morgan fingerprint density at radius 2 is 2.06 bits per heavy atom. The summed E-state index contributed by atoms with van der Waals surface area (Å²) in [6.07, 6.45) is 3.43. The summed E-state index contributed by atoms with van der Waals surface area (Å²) in [6, 6.07) is 8.02. The standard InChI is InChI=1S/C13H14BrNO2/c1-16-13-3-2-10(6-12(13)14)7-15-8-11-4-5-17-9-11/h2-6,9,15H,7-8H2,1H3. The molecule has 0 aliphatic carbocycles. The van der Waals surface area contributed by atoms with Crippen LogP contribution >= 0.6 is 15.9 Å². The zero-order valence-corrected chi connectivity index (χ0v) is 11.2. The molecule has 0 amide bonds. The predicted molar refractivity (Wildman–Crippen MR) is 69.9 cm³/mol. The van der Waals surface area contributed by atoms with Crippen molar-refractivity contribution in [3.8, 4) is 5.75 Å². The van der Waals surface area contributed by atoms with Crippen molar-refractivity contribution in [2.24, 2.45) is 0 Å². The average molecular weight is 296 g/mol. The lowest BCUT2D eigenvalue weighted by molar-refractivity contribution is 0.412. The zero-order chi connectivity index (χ0) is 12.1. The summed E-state index contributed by atoms with van der Waals surface area (Å²) in [5, 5.41) is 3.35. The van der Waals surface area contributed by atoms with Crippen LogP contribution in [0, 0.1) is 0 Å². The van der Waals surface area contributed by atoms with Crippen molar-refractivity contribution in [3.63, 3.8) is 0 Å². The van der Waals surface area contributed by atoms with E-state index in [1.54, 1.807) is 19.6 Å². The molecule has 0 aliphatic heterocycles. The number of ether oxygens (including phenoxy) is 1. The number of hydrogen-bond donors (Lipinski definition) is 1. The fraction of sp³-hybridized carbons (Fsp3) is 0.231. The van der Waals surface area contributed by atoms with Gasteiger partial charge in [-0.1, -0.05) is 6.07 Å². The topological polar surface area (TPSA) is 34.4 Å². The molecule has 0 saturated heterocycles. The van der Waals surface area contributed by atoms with E-state index in [0.29, 0.717) is 0 Å². The van der Waals surface area contributed by atoms with Gasteiger partial charge in [0.25, 0.3) is 0 Å². The molecule has 4 heteroatoms. The summed E-state index contributed by atoms with van der Waals surface area (Å²) in [5.41, 5.74) is 2.36. The molecule has 0 saturated carbocycles. The first-order valence-corrected chi connectivity index (χ1v) is 6.13. The second-order valence-corrected chi connectivity index (χ2v) is 4.56. The number of furan rings is 1. The molecule has 17 heavy (non-hydrogen) atoms. The van der Waals surface area contributed by atoms with Crippen LogP contribution in [0.2, 0.25) is 0 Å². The van der Waals surface area contributed by atoms with Crippen molar-refractivity contribution in [3.05, 3.63) is 52.4 Å². The van der Waals surface area contributed by atoms with E-state index in [9.17, 15) is 0 Å². The van der Waals surface area contributed by atoms with Crippen molar-refractivity contribution in [2.45, 2.75) is 13.1 Å². The lowest BCUT2D eigenvalue weighted by Crippen LogP contribution is -2.12. The smallest absolute Gasteiger partial charge is 0.133 e. The summed E-state index contributed by atoms with van der Waals surface area (Å²) in [4.78, 5) is 0. The van der Waals surface area contributed by atoms with Crippen LogP contribution in [-0.2, 0) is 13.1 Å². The number of hydrogen-bond acceptors (Lipinski definition) is 3. The minimum absolute atomic E-state index is 0.806. The molecule has 1 aromatic heterocycles. The second-order valence-electron chi connectivity index (χ2n) is 3.70. The van der Waals surface area contributed by atoms with Crippen LogP contribution in [0.5, 0.6) is 5.75 Å². The lowest BCUT2D eigenvalue weighted by Gasteiger charge is -2.07. The van der Waals surface area contributed by atoms with Crippen LogP contribution in [0.3, 0.4) is 0 Å². The Bertz CT molecular complexity index is 468. The molecule has 1 heterocycles. The third kappa shape index (κ3) is 3.35. The van der Waals surface area contributed by atoms with Gasteiger partial charge in [0.2, 0.25) is 0 Å². The van der Waals surface area contributed by atoms with Crippen molar-refractivity contribution in [1.29, 1.82) is 0 Å². The van der Waals surface area contributed by atoms with Gasteiger partial charge < -0.3 is 14.5 Å². The highest BCUT2D eigenvalue weighted by molar-refractivity contribution is 9.10. The number of benzene rings is 1. The van der Waals surface area contributed by atoms with Crippen LogP contribution in [0.4, 0.5) is 0 Å². The van der Waals surface area contributed by atoms with Crippen molar-refractivity contribution >= 4 is 15.9 Å². The van der Waals surface area contributed by atoms with Gasteiger partial charge in [0, 0.05) is 18.7 Å². The maximum atomic E-state index is 5.18. The van der Waals surface area contributed by atoms with Crippen LogP contribution in [-0.4, -0.2) is 7.11 Å². The highest BCUT2D eigenvalue weighted by atomic mass is 79.9. The van der Waals surface area contributed by atoms with Gasteiger partial charge in [-0.05, 0) is 39.7 Å².